The van der Waals surface area contributed by atoms with E-state index in [1.54, 1.807) is 25.1 Å². The number of benzene rings is 1. The molecule has 0 aromatic heterocycles. The Morgan fingerprint density at radius 2 is 2.11 bits per heavy atom. The fraction of sp³-hybridized carbons (Fsp3) is 0.364. The van der Waals surface area contributed by atoms with E-state index in [4.69, 9.17) is 15.9 Å². The van der Waals surface area contributed by atoms with E-state index in [1.165, 1.54) is 0 Å². The molecule has 1 rings (SSSR count). The van der Waals surface area contributed by atoms with Crippen molar-refractivity contribution in [1.82, 2.24) is 0 Å². The number of amidine groups is 1. The second kappa shape index (κ2) is 5.60. The van der Waals surface area contributed by atoms with Crippen LogP contribution in [0.5, 0.6) is 5.75 Å². The molecule has 0 aliphatic carbocycles. The third kappa shape index (κ3) is 3.90. The lowest BCUT2D eigenvalue weighted by Crippen LogP contribution is -2.39. The molecule has 0 aliphatic heterocycles. The van der Waals surface area contributed by atoms with Crippen molar-refractivity contribution in [1.29, 1.82) is 5.41 Å². The van der Waals surface area contributed by atoms with Crippen molar-refractivity contribution >= 4 is 21.8 Å². The molecule has 0 amide bonds. The van der Waals surface area contributed by atoms with Crippen molar-refractivity contribution in [3.8, 4) is 5.75 Å². The van der Waals surface area contributed by atoms with Crippen LogP contribution >= 0.6 is 15.9 Å². The van der Waals surface area contributed by atoms with E-state index in [-0.39, 0.29) is 0 Å². The van der Waals surface area contributed by atoms with Crippen LogP contribution in [0.15, 0.2) is 22.7 Å². The molecule has 1 aromatic rings. The molecule has 1 atom stereocenters. The summed E-state index contributed by atoms with van der Waals surface area (Å²) in [5.74, 6) is -2.72. The van der Waals surface area contributed by atoms with E-state index in [2.05, 4.69) is 15.9 Å². The SMILES string of the molecule is Cc1cc(OCC(C(=N)N)C(F)(F)F)ccc1Br. The van der Waals surface area contributed by atoms with E-state index < -0.39 is 24.5 Å². The molecule has 0 saturated carbocycles. The summed E-state index contributed by atoms with van der Waals surface area (Å²) in [6, 6.07) is 4.84. The molecule has 3 nitrogen and oxygen atoms in total. The number of halogens is 4. The molecule has 0 spiro atoms. The zero-order valence-corrected chi connectivity index (χ0v) is 11.1. The van der Waals surface area contributed by atoms with Crippen LogP contribution in [0.2, 0.25) is 0 Å². The van der Waals surface area contributed by atoms with Gasteiger partial charge in [-0.15, -0.1) is 0 Å². The van der Waals surface area contributed by atoms with Crippen LogP contribution in [0.4, 0.5) is 13.2 Å². The van der Waals surface area contributed by atoms with E-state index >= 15 is 0 Å². The molecule has 0 fully saturated rings. The van der Waals surface area contributed by atoms with Crippen LogP contribution in [0.1, 0.15) is 5.56 Å². The zero-order valence-electron chi connectivity index (χ0n) is 9.51. The Morgan fingerprint density at radius 3 is 2.56 bits per heavy atom. The van der Waals surface area contributed by atoms with Gasteiger partial charge in [0.1, 0.15) is 24.1 Å². The Kier molecular flexibility index (Phi) is 4.61. The highest BCUT2D eigenvalue weighted by Gasteiger charge is 2.42. The molecule has 18 heavy (non-hydrogen) atoms. The van der Waals surface area contributed by atoms with Crippen LogP contribution in [-0.4, -0.2) is 18.6 Å². The molecule has 3 N–H and O–H groups in total. The Bertz CT molecular complexity index is 448. The summed E-state index contributed by atoms with van der Waals surface area (Å²) in [5, 5.41) is 6.92. The van der Waals surface area contributed by atoms with Gasteiger partial charge in [-0.2, -0.15) is 13.2 Å². The predicted octanol–water partition coefficient (Wildman–Crippen LogP) is 3.25. The molecule has 0 saturated heterocycles. The van der Waals surface area contributed by atoms with Gasteiger partial charge in [-0.05, 0) is 30.7 Å². The second-order valence-corrected chi connectivity index (χ2v) is 4.63. The van der Waals surface area contributed by atoms with Crippen LogP contribution in [0.25, 0.3) is 0 Å². The first-order valence-corrected chi connectivity index (χ1v) is 5.80. The Balaban J connectivity index is 2.73. The topological polar surface area (TPSA) is 59.1 Å². The van der Waals surface area contributed by atoms with E-state index in [1.807, 2.05) is 0 Å². The van der Waals surface area contributed by atoms with E-state index in [9.17, 15) is 13.2 Å². The first kappa shape index (κ1) is 14.8. The number of rotatable bonds is 4. The van der Waals surface area contributed by atoms with Crippen molar-refractivity contribution in [3.05, 3.63) is 28.2 Å². The highest BCUT2D eigenvalue weighted by atomic mass is 79.9. The third-order valence-corrected chi connectivity index (χ3v) is 3.21. The molecule has 1 aromatic carbocycles. The van der Waals surface area contributed by atoms with E-state index in [0.29, 0.717) is 5.75 Å². The Labute approximate surface area is 111 Å². The van der Waals surface area contributed by atoms with Crippen LogP contribution in [0, 0.1) is 18.3 Å². The fourth-order valence-corrected chi connectivity index (χ4v) is 1.49. The van der Waals surface area contributed by atoms with Gasteiger partial charge in [-0.3, -0.25) is 5.41 Å². The van der Waals surface area contributed by atoms with Gasteiger partial charge in [0.25, 0.3) is 0 Å². The van der Waals surface area contributed by atoms with Gasteiger partial charge in [0.15, 0.2) is 0 Å². The number of nitrogens with one attached hydrogen (secondary N) is 1. The quantitative estimate of drug-likeness (QED) is 0.659. The fourth-order valence-electron chi connectivity index (χ4n) is 1.25. The summed E-state index contributed by atoms with van der Waals surface area (Å²) < 4.78 is 43.4. The molecular weight excluding hydrogens is 313 g/mol. The number of nitrogens with two attached hydrogens (primary N) is 1. The minimum Gasteiger partial charge on any atom is -0.492 e. The molecule has 100 valence electrons. The van der Waals surface area contributed by atoms with Crippen molar-refractivity contribution in [2.24, 2.45) is 11.7 Å². The standard InChI is InChI=1S/C11H12BrF3N2O/c1-6-4-7(2-3-9(6)12)18-5-8(10(16)17)11(13,14)15/h2-4,8H,5H2,1H3,(H3,16,17). The maximum absolute atomic E-state index is 12.5. The van der Waals surface area contributed by atoms with Crippen molar-refractivity contribution in [2.75, 3.05) is 6.61 Å². The Morgan fingerprint density at radius 1 is 1.50 bits per heavy atom. The summed E-state index contributed by atoms with van der Waals surface area (Å²) in [7, 11) is 0. The van der Waals surface area contributed by atoms with Crippen LogP contribution < -0.4 is 10.5 Å². The van der Waals surface area contributed by atoms with Crippen molar-refractivity contribution in [2.45, 2.75) is 13.1 Å². The third-order valence-electron chi connectivity index (χ3n) is 2.32. The first-order valence-electron chi connectivity index (χ1n) is 5.01. The maximum atomic E-state index is 12.5. The maximum Gasteiger partial charge on any atom is 0.401 e. The van der Waals surface area contributed by atoms with Crippen molar-refractivity contribution in [3.63, 3.8) is 0 Å². The molecule has 0 bridgehead atoms. The number of alkyl halides is 3. The first-order chi connectivity index (χ1) is 8.21. The molecule has 7 heteroatoms. The summed E-state index contributed by atoms with van der Waals surface area (Å²) in [6.07, 6.45) is -4.57. The Hall–Kier alpha value is -1.24. The minimum absolute atomic E-state index is 0.311. The van der Waals surface area contributed by atoms with Crippen molar-refractivity contribution < 1.29 is 17.9 Å². The average Bonchev–Trinajstić information content (AvgIpc) is 2.21. The monoisotopic (exact) mass is 324 g/mol. The largest absolute Gasteiger partial charge is 0.492 e. The smallest absolute Gasteiger partial charge is 0.401 e. The van der Waals surface area contributed by atoms with Gasteiger partial charge in [-0.1, -0.05) is 15.9 Å². The highest BCUT2D eigenvalue weighted by Crippen LogP contribution is 2.28. The summed E-state index contributed by atoms with van der Waals surface area (Å²) >= 11 is 3.27. The van der Waals surface area contributed by atoms with Gasteiger partial charge in [0.2, 0.25) is 0 Å². The summed E-state index contributed by atoms with van der Waals surface area (Å²) in [5.41, 5.74) is 5.76. The van der Waals surface area contributed by atoms with Gasteiger partial charge >= 0.3 is 6.18 Å². The molecular formula is C11H12BrF3N2O. The lowest BCUT2D eigenvalue weighted by molar-refractivity contribution is -0.162. The molecule has 0 aliphatic rings. The number of aryl methyl sites for hydroxylation is 1. The van der Waals surface area contributed by atoms with Gasteiger partial charge in [0.05, 0.1) is 0 Å². The summed E-state index contributed by atoms with van der Waals surface area (Å²) in [4.78, 5) is 0. The van der Waals surface area contributed by atoms with Gasteiger partial charge in [-0.25, -0.2) is 0 Å². The molecule has 0 heterocycles. The minimum atomic E-state index is -4.57. The predicted molar refractivity (Wildman–Crippen MR) is 65.8 cm³/mol. The number of ether oxygens (including phenoxy) is 1. The van der Waals surface area contributed by atoms with Gasteiger partial charge < -0.3 is 10.5 Å². The number of hydrogen-bond acceptors (Lipinski definition) is 2. The lowest BCUT2D eigenvalue weighted by atomic mass is 10.1. The van der Waals surface area contributed by atoms with Crippen LogP contribution in [0.3, 0.4) is 0 Å². The highest BCUT2D eigenvalue weighted by molar-refractivity contribution is 9.10. The number of hydrogen-bond donors (Lipinski definition) is 2. The van der Waals surface area contributed by atoms with Crippen LogP contribution in [-0.2, 0) is 0 Å². The second-order valence-electron chi connectivity index (χ2n) is 3.77. The normalized spacial score (nSPS) is 13.2. The zero-order chi connectivity index (χ0) is 13.9. The average molecular weight is 325 g/mol. The molecule has 1 unspecified atom stereocenters. The van der Waals surface area contributed by atoms with E-state index in [0.717, 1.165) is 10.0 Å². The molecule has 0 radical (unpaired) electrons. The summed E-state index contributed by atoms with van der Waals surface area (Å²) in [6.45, 7) is 1.10. The van der Waals surface area contributed by atoms with Gasteiger partial charge in [0, 0.05) is 4.47 Å². The lowest BCUT2D eigenvalue weighted by Gasteiger charge is -2.19.